The quantitative estimate of drug-likeness (QED) is 0.518. The molecule has 7 nitrogen and oxygen atoms in total. The van der Waals surface area contributed by atoms with E-state index in [0.29, 0.717) is 29.1 Å². The molecule has 1 aliphatic rings. The molecule has 0 spiro atoms. The van der Waals surface area contributed by atoms with Crippen molar-refractivity contribution in [2.24, 2.45) is 0 Å². The summed E-state index contributed by atoms with van der Waals surface area (Å²) in [5.41, 5.74) is 1.90. The molecular weight excluding hydrogens is 414 g/mol. The number of hydrogen-bond acceptors (Lipinski definition) is 7. The van der Waals surface area contributed by atoms with Crippen LogP contribution in [0, 0.1) is 0 Å². The van der Waals surface area contributed by atoms with Crippen LogP contribution >= 0.6 is 15.9 Å². The summed E-state index contributed by atoms with van der Waals surface area (Å²) >= 11 is 3.46. The topological polar surface area (TPSA) is 79.5 Å². The molecule has 2 aromatic heterocycles. The Kier molecular flexibility index (Phi) is 5.35. The lowest BCUT2D eigenvalue weighted by Crippen LogP contribution is -2.32. The van der Waals surface area contributed by atoms with Crippen molar-refractivity contribution in [3.05, 3.63) is 52.8 Å². The predicted octanol–water partition coefficient (Wildman–Crippen LogP) is 4.20. The van der Waals surface area contributed by atoms with Gasteiger partial charge in [0.05, 0.1) is 18.5 Å². The number of rotatable bonds is 7. The third-order valence-corrected chi connectivity index (χ3v) is 4.95. The lowest BCUT2D eigenvalue weighted by atomic mass is 9.77. The maximum absolute atomic E-state index is 5.90. The van der Waals surface area contributed by atoms with Gasteiger partial charge in [0.15, 0.2) is 12.6 Å². The Morgan fingerprint density at radius 3 is 2.63 bits per heavy atom. The molecule has 0 amide bonds. The van der Waals surface area contributed by atoms with Gasteiger partial charge in [-0.1, -0.05) is 28.1 Å². The van der Waals surface area contributed by atoms with Crippen LogP contribution in [0.15, 0.2) is 51.7 Å². The lowest BCUT2D eigenvalue weighted by Gasteiger charge is -2.35. The van der Waals surface area contributed by atoms with Crippen molar-refractivity contribution in [3.8, 4) is 23.2 Å². The molecular formula is C19H18BrN3O4. The zero-order valence-electron chi connectivity index (χ0n) is 14.7. The fraction of sp³-hybridized carbons (Fsp3) is 0.316. The van der Waals surface area contributed by atoms with Crippen LogP contribution < -0.4 is 9.47 Å². The number of aromatic nitrogens is 3. The Bertz CT molecular complexity index is 877. The Labute approximate surface area is 164 Å². The standard InChI is InChI=1S/C19H18BrN3O4/c1-24-11-25-18-8-17(27-23-18)16-9-22-19(10-21-16)26-15-6-13(7-15)12-2-4-14(20)5-3-12/h2-5,8-10,13,15H,6-7,11H2,1H3. The molecule has 1 fully saturated rings. The number of benzene rings is 1. The second-order valence-electron chi connectivity index (χ2n) is 6.28. The van der Waals surface area contributed by atoms with Crippen molar-refractivity contribution in [2.45, 2.75) is 24.9 Å². The van der Waals surface area contributed by atoms with E-state index in [-0.39, 0.29) is 12.9 Å². The highest BCUT2D eigenvalue weighted by Crippen LogP contribution is 2.39. The zero-order chi connectivity index (χ0) is 18.6. The summed E-state index contributed by atoms with van der Waals surface area (Å²) < 4.78 is 22.2. The van der Waals surface area contributed by atoms with E-state index in [2.05, 4.69) is 55.3 Å². The molecule has 0 aliphatic heterocycles. The molecule has 140 valence electrons. The number of halogens is 1. The Morgan fingerprint density at radius 1 is 1.11 bits per heavy atom. The van der Waals surface area contributed by atoms with E-state index < -0.39 is 0 Å². The molecule has 1 saturated carbocycles. The molecule has 27 heavy (non-hydrogen) atoms. The highest BCUT2D eigenvalue weighted by Gasteiger charge is 2.32. The second kappa shape index (κ2) is 8.06. The van der Waals surface area contributed by atoms with Crippen molar-refractivity contribution in [3.63, 3.8) is 0 Å². The monoisotopic (exact) mass is 431 g/mol. The number of ether oxygens (including phenoxy) is 3. The highest BCUT2D eigenvalue weighted by atomic mass is 79.9. The van der Waals surface area contributed by atoms with E-state index in [4.69, 9.17) is 18.7 Å². The van der Waals surface area contributed by atoms with Crippen LogP contribution in [-0.2, 0) is 4.74 Å². The minimum Gasteiger partial charge on any atom is -0.473 e. The van der Waals surface area contributed by atoms with Gasteiger partial charge in [-0.05, 0) is 41.6 Å². The van der Waals surface area contributed by atoms with E-state index >= 15 is 0 Å². The minimum atomic E-state index is 0.104. The average Bonchev–Trinajstić information content (AvgIpc) is 3.13. The first-order chi connectivity index (χ1) is 13.2. The highest BCUT2D eigenvalue weighted by molar-refractivity contribution is 9.10. The molecule has 0 N–H and O–H groups in total. The first-order valence-electron chi connectivity index (χ1n) is 8.54. The largest absolute Gasteiger partial charge is 0.473 e. The summed E-state index contributed by atoms with van der Waals surface area (Å²) in [5.74, 6) is 1.85. The Morgan fingerprint density at radius 2 is 1.93 bits per heavy atom. The van der Waals surface area contributed by atoms with E-state index in [1.807, 2.05) is 0 Å². The maximum atomic E-state index is 5.90. The summed E-state index contributed by atoms with van der Waals surface area (Å²) in [7, 11) is 1.54. The van der Waals surface area contributed by atoms with Gasteiger partial charge in [0.1, 0.15) is 11.8 Å². The molecule has 0 bridgehead atoms. The third-order valence-electron chi connectivity index (χ3n) is 4.42. The van der Waals surface area contributed by atoms with Crippen molar-refractivity contribution in [2.75, 3.05) is 13.9 Å². The van der Waals surface area contributed by atoms with Crippen molar-refractivity contribution < 1.29 is 18.7 Å². The van der Waals surface area contributed by atoms with Crippen LogP contribution in [-0.4, -0.2) is 35.1 Å². The van der Waals surface area contributed by atoms with Gasteiger partial charge in [0.25, 0.3) is 5.88 Å². The van der Waals surface area contributed by atoms with Gasteiger partial charge in [-0.25, -0.2) is 9.97 Å². The van der Waals surface area contributed by atoms with Crippen LogP contribution in [0.25, 0.3) is 11.5 Å². The van der Waals surface area contributed by atoms with Crippen LogP contribution in [0.5, 0.6) is 11.8 Å². The van der Waals surface area contributed by atoms with E-state index in [9.17, 15) is 0 Å². The number of hydrogen-bond donors (Lipinski definition) is 0. The normalized spacial score (nSPS) is 18.7. The molecule has 3 aromatic rings. The van der Waals surface area contributed by atoms with Crippen LogP contribution in [0.2, 0.25) is 0 Å². The number of methoxy groups -OCH3 is 1. The Balaban J connectivity index is 1.31. The molecule has 1 aromatic carbocycles. The smallest absolute Gasteiger partial charge is 0.256 e. The molecule has 4 rings (SSSR count). The summed E-state index contributed by atoms with van der Waals surface area (Å²) in [6.07, 6.45) is 5.32. The van der Waals surface area contributed by atoms with Gasteiger partial charge >= 0.3 is 0 Å². The third kappa shape index (κ3) is 4.28. The van der Waals surface area contributed by atoms with Gasteiger partial charge < -0.3 is 18.7 Å². The maximum Gasteiger partial charge on any atom is 0.256 e. The summed E-state index contributed by atoms with van der Waals surface area (Å²) in [6, 6.07) is 10.1. The predicted molar refractivity (Wildman–Crippen MR) is 101 cm³/mol. The molecule has 1 aliphatic carbocycles. The summed E-state index contributed by atoms with van der Waals surface area (Å²) in [6.45, 7) is 0.104. The van der Waals surface area contributed by atoms with E-state index in [1.165, 1.54) is 12.7 Å². The van der Waals surface area contributed by atoms with Crippen molar-refractivity contribution in [1.29, 1.82) is 0 Å². The fourth-order valence-corrected chi connectivity index (χ4v) is 3.18. The zero-order valence-corrected chi connectivity index (χ0v) is 16.3. The minimum absolute atomic E-state index is 0.104. The second-order valence-corrected chi connectivity index (χ2v) is 7.20. The Hall–Kier alpha value is -2.45. The average molecular weight is 432 g/mol. The molecule has 8 heteroatoms. The van der Waals surface area contributed by atoms with Crippen LogP contribution in [0.1, 0.15) is 24.3 Å². The fourth-order valence-electron chi connectivity index (χ4n) is 2.91. The van der Waals surface area contributed by atoms with Gasteiger partial charge in [-0.15, -0.1) is 0 Å². The summed E-state index contributed by atoms with van der Waals surface area (Å²) in [5, 5.41) is 3.79. The lowest BCUT2D eigenvalue weighted by molar-refractivity contribution is 0.0453. The first kappa shape index (κ1) is 17.9. The van der Waals surface area contributed by atoms with Crippen molar-refractivity contribution >= 4 is 15.9 Å². The molecule has 0 radical (unpaired) electrons. The van der Waals surface area contributed by atoms with Gasteiger partial charge in [0.2, 0.25) is 5.88 Å². The van der Waals surface area contributed by atoms with Gasteiger partial charge in [-0.2, -0.15) is 0 Å². The van der Waals surface area contributed by atoms with Crippen molar-refractivity contribution in [1.82, 2.24) is 15.1 Å². The van der Waals surface area contributed by atoms with Gasteiger partial charge in [-0.3, -0.25) is 0 Å². The van der Waals surface area contributed by atoms with E-state index in [0.717, 1.165) is 17.3 Å². The molecule has 2 heterocycles. The molecule has 0 unspecified atom stereocenters. The number of nitrogens with zero attached hydrogens (tertiary/aromatic N) is 3. The molecule has 0 atom stereocenters. The first-order valence-corrected chi connectivity index (χ1v) is 9.33. The van der Waals surface area contributed by atoms with Crippen LogP contribution in [0.4, 0.5) is 0 Å². The van der Waals surface area contributed by atoms with E-state index in [1.54, 1.807) is 18.5 Å². The SMILES string of the molecule is COCOc1cc(-c2cnc(OC3CC(c4ccc(Br)cc4)C3)cn2)on1. The summed E-state index contributed by atoms with van der Waals surface area (Å²) in [4.78, 5) is 8.64. The van der Waals surface area contributed by atoms with Gasteiger partial charge in [0, 0.05) is 11.6 Å². The van der Waals surface area contributed by atoms with Crippen LogP contribution in [0.3, 0.4) is 0 Å². The molecule has 0 saturated heterocycles.